The van der Waals surface area contributed by atoms with Gasteiger partial charge in [-0.25, -0.2) is 13.4 Å². The van der Waals surface area contributed by atoms with Crippen molar-refractivity contribution >= 4 is 34.8 Å². The summed E-state index contributed by atoms with van der Waals surface area (Å²) in [5, 5.41) is 9.91. The maximum absolute atomic E-state index is 12.2. The molecule has 0 aliphatic carbocycles. The first kappa shape index (κ1) is 18.5. The van der Waals surface area contributed by atoms with Crippen molar-refractivity contribution in [3.8, 4) is 0 Å². The first-order valence-corrected chi connectivity index (χ1v) is 10.8. The van der Waals surface area contributed by atoms with Gasteiger partial charge in [-0.3, -0.25) is 18.9 Å². The van der Waals surface area contributed by atoms with Crippen molar-refractivity contribution in [2.45, 2.75) is 29.7 Å². The van der Waals surface area contributed by atoms with Gasteiger partial charge < -0.3 is 29.5 Å². The number of phosphoric acid groups is 1. The monoisotopic (exact) mass is 422 g/mol. The third-order valence-corrected chi connectivity index (χ3v) is 6.00. The Morgan fingerprint density at radius 1 is 1.44 bits per heavy atom. The minimum absolute atomic E-state index is 0.259. The Labute approximate surface area is 150 Å². The van der Waals surface area contributed by atoms with Crippen LogP contribution >= 0.6 is 7.82 Å². The van der Waals surface area contributed by atoms with Crippen molar-refractivity contribution in [2.75, 3.05) is 18.6 Å². The van der Waals surface area contributed by atoms with Crippen molar-refractivity contribution in [3.05, 3.63) is 10.4 Å². The number of nitrogen functional groups attached to an aromatic ring is 1. The number of aliphatic hydroxyl groups excluding tert-OH is 1. The average molecular weight is 422 g/mol. The van der Waals surface area contributed by atoms with Gasteiger partial charge >= 0.3 is 0 Å². The highest BCUT2D eigenvalue weighted by atomic mass is 32.2. The summed E-state index contributed by atoms with van der Waals surface area (Å²) in [4.78, 5) is 33.4. The number of H-pyrrole nitrogens is 1. The van der Waals surface area contributed by atoms with E-state index >= 15 is 0 Å². The van der Waals surface area contributed by atoms with Gasteiger partial charge in [0.25, 0.3) is 13.4 Å². The molecule has 0 saturated carbocycles. The number of ether oxygens (including phenoxy) is 1. The Morgan fingerprint density at radius 3 is 2.81 bits per heavy atom. The second kappa shape index (κ2) is 5.81. The molecule has 3 unspecified atom stereocenters. The lowest BCUT2D eigenvalue weighted by molar-refractivity contribution is -0.245. The molecular formula is C11H13N5O9PS-. The fraction of sp³-hybridized carbons (Fsp3) is 0.545. The van der Waals surface area contributed by atoms with E-state index in [1.54, 1.807) is 0 Å². The fourth-order valence-electron chi connectivity index (χ4n) is 3.01. The third-order valence-electron chi connectivity index (χ3n) is 4.08. The quantitative estimate of drug-likeness (QED) is 0.420. The van der Waals surface area contributed by atoms with Crippen molar-refractivity contribution in [1.29, 1.82) is 0 Å². The maximum atomic E-state index is 12.2. The smallest absolute Gasteiger partial charge is 0.280 e. The molecule has 4 heterocycles. The number of aromatic nitrogens is 4. The number of nitrogens with two attached hydrogens (primary N) is 1. The summed E-state index contributed by atoms with van der Waals surface area (Å²) in [6.07, 6.45) is -4.60. The number of hydrogen-bond donors (Lipinski definition) is 3. The van der Waals surface area contributed by atoms with E-state index in [-0.39, 0.29) is 17.1 Å². The second-order valence-electron chi connectivity index (χ2n) is 6.03. The number of fused-ring (bicyclic) bond motifs is 2. The summed E-state index contributed by atoms with van der Waals surface area (Å²) in [5.74, 6) is -0.317. The predicted molar refractivity (Wildman–Crippen MR) is 84.0 cm³/mol. The van der Waals surface area contributed by atoms with Crippen molar-refractivity contribution in [3.63, 3.8) is 0 Å². The van der Waals surface area contributed by atoms with Crippen LogP contribution in [0.15, 0.2) is 9.95 Å². The number of aliphatic hydroxyl groups is 1. The van der Waals surface area contributed by atoms with Gasteiger partial charge in [0.1, 0.15) is 18.3 Å². The highest BCUT2D eigenvalue weighted by Crippen LogP contribution is 2.49. The first-order valence-electron chi connectivity index (χ1n) is 7.43. The minimum Gasteiger partial charge on any atom is -0.756 e. The zero-order chi connectivity index (χ0) is 19.7. The first-order chi connectivity index (χ1) is 12.5. The van der Waals surface area contributed by atoms with Crippen LogP contribution in [0.25, 0.3) is 11.2 Å². The molecule has 0 spiro atoms. The second-order valence-corrected chi connectivity index (χ2v) is 9.30. The molecule has 2 aliphatic rings. The zero-order valence-corrected chi connectivity index (χ0v) is 15.2. The van der Waals surface area contributed by atoms with Crippen molar-refractivity contribution in [2.24, 2.45) is 0 Å². The third kappa shape index (κ3) is 2.97. The SMILES string of the molecule is CS(=O)(=O)c1nc2c(=O)[nH]c(N)nc2n1[C@@H]1OC2COP(=O)([O-])O[C@H]2C1O. The molecule has 0 radical (unpaired) electrons. The molecule has 2 aliphatic heterocycles. The normalized spacial score (nSPS) is 34.0. The van der Waals surface area contributed by atoms with Crippen LogP contribution < -0.4 is 16.2 Å². The average Bonchev–Trinajstić information content (AvgIpc) is 3.05. The van der Waals surface area contributed by atoms with Crippen LogP contribution in [0.4, 0.5) is 5.95 Å². The molecule has 4 rings (SSSR count). The van der Waals surface area contributed by atoms with Crippen LogP contribution in [-0.2, 0) is 28.2 Å². The molecular weight excluding hydrogens is 409 g/mol. The van der Waals surface area contributed by atoms with E-state index in [0.29, 0.717) is 0 Å². The van der Waals surface area contributed by atoms with Gasteiger partial charge in [0.15, 0.2) is 17.4 Å². The zero-order valence-electron chi connectivity index (χ0n) is 13.5. The summed E-state index contributed by atoms with van der Waals surface area (Å²) >= 11 is 0. The summed E-state index contributed by atoms with van der Waals surface area (Å²) in [7, 11) is -8.63. The van der Waals surface area contributed by atoms with Crippen LogP contribution in [0.3, 0.4) is 0 Å². The molecule has 27 heavy (non-hydrogen) atoms. The lowest BCUT2D eigenvalue weighted by Gasteiger charge is -2.34. The molecule has 5 atom stereocenters. The lowest BCUT2D eigenvalue weighted by atomic mass is 10.1. The van der Waals surface area contributed by atoms with E-state index in [2.05, 4.69) is 19.5 Å². The predicted octanol–water partition coefficient (Wildman–Crippen LogP) is -2.75. The summed E-state index contributed by atoms with van der Waals surface area (Å²) in [6, 6.07) is 0. The molecule has 4 N–H and O–H groups in total. The van der Waals surface area contributed by atoms with Crippen molar-refractivity contribution in [1.82, 2.24) is 19.5 Å². The molecule has 2 aromatic heterocycles. The summed E-state index contributed by atoms with van der Waals surface area (Å²) in [6.45, 7) is -0.435. The fourth-order valence-corrected chi connectivity index (χ4v) is 4.77. The number of nitrogens with zero attached hydrogens (tertiary/aromatic N) is 3. The van der Waals surface area contributed by atoms with E-state index < -0.39 is 59.5 Å². The Morgan fingerprint density at radius 2 is 2.15 bits per heavy atom. The highest BCUT2D eigenvalue weighted by Gasteiger charge is 2.51. The number of anilines is 1. The molecule has 2 fully saturated rings. The highest BCUT2D eigenvalue weighted by molar-refractivity contribution is 7.90. The van der Waals surface area contributed by atoms with Gasteiger partial charge in [0.05, 0.1) is 6.61 Å². The van der Waals surface area contributed by atoms with Gasteiger partial charge in [0, 0.05) is 6.26 Å². The molecule has 2 saturated heterocycles. The van der Waals surface area contributed by atoms with Crippen LogP contribution in [0, 0.1) is 0 Å². The van der Waals surface area contributed by atoms with Gasteiger partial charge in [-0.15, -0.1) is 0 Å². The van der Waals surface area contributed by atoms with Gasteiger partial charge in [0.2, 0.25) is 20.9 Å². The van der Waals surface area contributed by atoms with Crippen LogP contribution in [0.2, 0.25) is 0 Å². The molecule has 14 nitrogen and oxygen atoms in total. The van der Waals surface area contributed by atoms with Crippen LogP contribution in [0.1, 0.15) is 6.23 Å². The largest absolute Gasteiger partial charge is 0.756 e. The van der Waals surface area contributed by atoms with Crippen molar-refractivity contribution < 1.29 is 36.8 Å². The van der Waals surface area contributed by atoms with E-state index in [9.17, 15) is 27.8 Å². The number of sulfone groups is 1. The van der Waals surface area contributed by atoms with Gasteiger partial charge in [-0.05, 0) is 0 Å². The molecule has 2 aromatic rings. The molecule has 16 heteroatoms. The number of aromatic amines is 1. The number of imidazole rings is 1. The Kier molecular flexibility index (Phi) is 3.98. The van der Waals surface area contributed by atoms with Gasteiger partial charge in [-0.1, -0.05) is 0 Å². The number of rotatable bonds is 2. The van der Waals surface area contributed by atoms with E-state index in [1.807, 2.05) is 0 Å². The van der Waals surface area contributed by atoms with Crippen LogP contribution in [-0.4, -0.2) is 64.2 Å². The number of phosphoric ester groups is 1. The maximum Gasteiger partial charge on any atom is 0.280 e. The molecule has 0 aromatic carbocycles. The standard InChI is InChI=1S/C11H14N5O9PS/c1-27(21,22)11-13-4-7(14-10(12)15-8(4)18)16(11)9-5(17)6-3(24-9)2-23-26(19,20)25-6/h3,5-6,9,17H,2H2,1H3,(H,19,20)(H3,12,14,15,18)/p-1/t3?,5?,6-,9-/m1/s1. The van der Waals surface area contributed by atoms with E-state index in [0.717, 1.165) is 10.8 Å². The molecule has 0 bridgehead atoms. The van der Waals surface area contributed by atoms with Gasteiger partial charge in [-0.2, -0.15) is 4.98 Å². The summed E-state index contributed by atoms with van der Waals surface area (Å²) < 4.78 is 51.5. The number of hydrogen-bond acceptors (Lipinski definition) is 12. The Bertz CT molecular complexity index is 1140. The summed E-state index contributed by atoms with van der Waals surface area (Å²) in [5.41, 5.74) is 4.11. The van der Waals surface area contributed by atoms with Crippen LogP contribution in [0.5, 0.6) is 0 Å². The lowest BCUT2D eigenvalue weighted by Crippen LogP contribution is -2.41. The topological polar surface area (TPSA) is 212 Å². The van der Waals surface area contributed by atoms with E-state index in [1.165, 1.54) is 0 Å². The number of nitrogens with one attached hydrogen (secondary N) is 1. The molecule has 148 valence electrons. The Balaban J connectivity index is 1.91. The van der Waals surface area contributed by atoms with E-state index in [4.69, 9.17) is 15.0 Å². The Hall–Kier alpha value is -1.87. The molecule has 0 amide bonds. The minimum atomic E-state index is -4.63.